The van der Waals surface area contributed by atoms with Crippen LogP contribution < -0.4 is 10.1 Å². The van der Waals surface area contributed by atoms with E-state index < -0.39 is 5.60 Å². The average Bonchev–Trinajstić information content (AvgIpc) is 2.50. The summed E-state index contributed by atoms with van der Waals surface area (Å²) in [6.07, 6.45) is 8.33. The van der Waals surface area contributed by atoms with Gasteiger partial charge >= 0.3 is 0 Å². The Bertz CT molecular complexity index is 565. The highest BCUT2D eigenvalue weighted by molar-refractivity contribution is 6.34. The standard InChI is InChI=1S/C18H24ClNO3/c19-16-11-14(23-13-5-4-6-13)7-8-15(16)17(21)20-12-18(22)9-2-1-3-10-18/h7-8,11,13,22H,1-6,9-10,12H2,(H,20,21). The lowest BCUT2D eigenvalue weighted by atomic mass is 9.85. The number of carbonyl (C=O) groups excluding carboxylic acids is 1. The summed E-state index contributed by atoms with van der Waals surface area (Å²) in [5, 5.41) is 13.6. The molecule has 0 spiro atoms. The maximum absolute atomic E-state index is 12.3. The van der Waals surface area contributed by atoms with Gasteiger partial charge in [-0.3, -0.25) is 4.79 Å². The molecule has 0 aliphatic heterocycles. The largest absolute Gasteiger partial charge is 0.490 e. The van der Waals surface area contributed by atoms with Crippen molar-refractivity contribution in [1.82, 2.24) is 5.32 Å². The molecule has 1 aromatic rings. The van der Waals surface area contributed by atoms with Gasteiger partial charge in [-0.05, 0) is 50.3 Å². The van der Waals surface area contributed by atoms with E-state index in [0.717, 1.165) is 44.9 Å². The van der Waals surface area contributed by atoms with Crippen molar-refractivity contribution in [3.63, 3.8) is 0 Å². The summed E-state index contributed by atoms with van der Waals surface area (Å²) in [5.41, 5.74) is -0.347. The van der Waals surface area contributed by atoms with Crippen molar-refractivity contribution < 1.29 is 14.6 Å². The molecule has 0 aromatic heterocycles. The van der Waals surface area contributed by atoms with Crippen molar-refractivity contribution in [2.24, 2.45) is 0 Å². The lowest BCUT2D eigenvalue weighted by Gasteiger charge is -2.32. The fraction of sp³-hybridized carbons (Fsp3) is 0.611. The van der Waals surface area contributed by atoms with Crippen LogP contribution in [0.2, 0.25) is 5.02 Å². The Morgan fingerprint density at radius 3 is 2.61 bits per heavy atom. The highest BCUT2D eigenvalue weighted by Crippen LogP contribution is 2.29. The first-order valence-corrected chi connectivity index (χ1v) is 8.90. The lowest BCUT2D eigenvalue weighted by molar-refractivity contribution is 0.00525. The molecular formula is C18H24ClNO3. The molecule has 0 bridgehead atoms. The Morgan fingerprint density at radius 1 is 1.26 bits per heavy atom. The van der Waals surface area contributed by atoms with E-state index in [-0.39, 0.29) is 18.6 Å². The van der Waals surface area contributed by atoms with Gasteiger partial charge < -0.3 is 15.2 Å². The van der Waals surface area contributed by atoms with Crippen LogP contribution in [0, 0.1) is 0 Å². The first-order chi connectivity index (χ1) is 11.1. The second-order valence-electron chi connectivity index (χ2n) is 6.78. The van der Waals surface area contributed by atoms with Gasteiger partial charge in [-0.15, -0.1) is 0 Å². The van der Waals surface area contributed by atoms with Gasteiger partial charge in [0.25, 0.3) is 5.91 Å². The van der Waals surface area contributed by atoms with Crippen molar-refractivity contribution in [1.29, 1.82) is 0 Å². The molecule has 23 heavy (non-hydrogen) atoms. The highest BCUT2D eigenvalue weighted by Gasteiger charge is 2.29. The molecule has 0 unspecified atom stereocenters. The van der Waals surface area contributed by atoms with Crippen molar-refractivity contribution in [3.8, 4) is 5.75 Å². The SMILES string of the molecule is O=C(NCC1(O)CCCCC1)c1ccc(OC2CCC2)cc1Cl. The number of benzene rings is 1. The quantitative estimate of drug-likeness (QED) is 0.861. The van der Waals surface area contributed by atoms with Gasteiger partial charge in [-0.2, -0.15) is 0 Å². The Kier molecular flexibility index (Phi) is 5.12. The zero-order chi connectivity index (χ0) is 16.3. The highest BCUT2D eigenvalue weighted by atomic mass is 35.5. The van der Waals surface area contributed by atoms with Crippen LogP contribution in [0.25, 0.3) is 0 Å². The van der Waals surface area contributed by atoms with Gasteiger partial charge in [0.15, 0.2) is 0 Å². The normalized spacial score (nSPS) is 20.6. The molecule has 2 saturated carbocycles. The minimum absolute atomic E-state index is 0.246. The molecule has 4 nitrogen and oxygen atoms in total. The number of aliphatic hydroxyl groups is 1. The number of rotatable bonds is 5. The summed E-state index contributed by atoms with van der Waals surface area (Å²) in [5.74, 6) is 0.464. The fourth-order valence-electron chi connectivity index (χ4n) is 3.16. The third-order valence-corrected chi connectivity index (χ3v) is 5.22. The summed E-state index contributed by atoms with van der Waals surface area (Å²) >= 11 is 6.22. The van der Waals surface area contributed by atoms with Crippen LogP contribution in [0.3, 0.4) is 0 Å². The van der Waals surface area contributed by atoms with Gasteiger partial charge in [0.2, 0.25) is 0 Å². The molecule has 0 heterocycles. The minimum atomic E-state index is -0.770. The van der Waals surface area contributed by atoms with Crippen LogP contribution in [0.1, 0.15) is 61.7 Å². The van der Waals surface area contributed by atoms with Crippen LogP contribution in [-0.4, -0.2) is 29.3 Å². The maximum atomic E-state index is 12.3. The minimum Gasteiger partial charge on any atom is -0.490 e. The number of ether oxygens (including phenoxy) is 1. The molecule has 0 saturated heterocycles. The van der Waals surface area contributed by atoms with Crippen LogP contribution in [0.5, 0.6) is 5.75 Å². The van der Waals surface area contributed by atoms with Crippen molar-refractivity contribution in [2.75, 3.05) is 6.54 Å². The van der Waals surface area contributed by atoms with Crippen molar-refractivity contribution >= 4 is 17.5 Å². The van der Waals surface area contributed by atoms with Crippen molar-refractivity contribution in [3.05, 3.63) is 28.8 Å². The fourth-order valence-corrected chi connectivity index (χ4v) is 3.42. The lowest BCUT2D eigenvalue weighted by Crippen LogP contribution is -2.44. The Labute approximate surface area is 142 Å². The van der Waals surface area contributed by atoms with Crippen LogP contribution in [0.15, 0.2) is 18.2 Å². The van der Waals surface area contributed by atoms with E-state index in [0.29, 0.717) is 16.3 Å². The van der Waals surface area contributed by atoms with Crippen LogP contribution in [0.4, 0.5) is 0 Å². The number of nitrogens with one attached hydrogen (secondary N) is 1. The number of hydrogen-bond donors (Lipinski definition) is 2. The average molecular weight is 338 g/mol. The zero-order valence-electron chi connectivity index (χ0n) is 13.3. The van der Waals surface area contributed by atoms with E-state index in [1.54, 1.807) is 18.2 Å². The number of halogens is 1. The van der Waals surface area contributed by atoms with Gasteiger partial charge in [-0.25, -0.2) is 0 Å². The van der Waals surface area contributed by atoms with Crippen LogP contribution in [-0.2, 0) is 0 Å². The Hall–Kier alpha value is -1.26. The first kappa shape index (κ1) is 16.6. The molecule has 1 aromatic carbocycles. The zero-order valence-corrected chi connectivity index (χ0v) is 14.1. The Morgan fingerprint density at radius 2 is 2.00 bits per heavy atom. The molecule has 126 valence electrons. The van der Waals surface area contributed by atoms with E-state index in [1.165, 1.54) is 6.42 Å². The second kappa shape index (κ2) is 7.10. The summed E-state index contributed by atoms with van der Waals surface area (Å²) in [4.78, 5) is 12.3. The van der Waals surface area contributed by atoms with E-state index in [4.69, 9.17) is 16.3 Å². The third-order valence-electron chi connectivity index (χ3n) is 4.90. The summed E-state index contributed by atoms with van der Waals surface area (Å²) < 4.78 is 5.78. The predicted molar refractivity (Wildman–Crippen MR) is 90.1 cm³/mol. The second-order valence-corrected chi connectivity index (χ2v) is 7.19. The molecule has 2 N–H and O–H groups in total. The van der Waals surface area contributed by atoms with Crippen LogP contribution >= 0.6 is 11.6 Å². The third kappa shape index (κ3) is 4.18. The van der Waals surface area contributed by atoms with E-state index >= 15 is 0 Å². The van der Waals surface area contributed by atoms with E-state index in [2.05, 4.69) is 5.32 Å². The van der Waals surface area contributed by atoms with Gasteiger partial charge in [0.1, 0.15) is 5.75 Å². The molecular weight excluding hydrogens is 314 g/mol. The maximum Gasteiger partial charge on any atom is 0.252 e. The topological polar surface area (TPSA) is 58.6 Å². The molecule has 1 amide bonds. The number of hydrogen-bond acceptors (Lipinski definition) is 3. The number of amides is 1. The van der Waals surface area contributed by atoms with Gasteiger partial charge in [0, 0.05) is 6.54 Å². The smallest absolute Gasteiger partial charge is 0.252 e. The van der Waals surface area contributed by atoms with E-state index in [1.807, 2.05) is 0 Å². The monoisotopic (exact) mass is 337 g/mol. The molecule has 0 atom stereocenters. The first-order valence-electron chi connectivity index (χ1n) is 8.53. The molecule has 5 heteroatoms. The molecule has 2 fully saturated rings. The predicted octanol–water partition coefficient (Wildman–Crippen LogP) is 3.70. The molecule has 2 aliphatic carbocycles. The van der Waals surface area contributed by atoms with Crippen molar-refractivity contribution in [2.45, 2.75) is 63.1 Å². The molecule has 0 radical (unpaired) electrons. The molecule has 3 rings (SSSR count). The van der Waals surface area contributed by atoms with Gasteiger partial charge in [-0.1, -0.05) is 30.9 Å². The summed E-state index contributed by atoms with van der Waals surface area (Å²) in [6.45, 7) is 0.280. The number of carbonyl (C=O) groups is 1. The van der Waals surface area contributed by atoms with E-state index in [9.17, 15) is 9.90 Å². The molecule has 2 aliphatic rings. The summed E-state index contributed by atoms with van der Waals surface area (Å²) in [7, 11) is 0. The Balaban J connectivity index is 1.58. The summed E-state index contributed by atoms with van der Waals surface area (Å²) in [6, 6.07) is 5.18. The van der Waals surface area contributed by atoms with Gasteiger partial charge in [0.05, 0.1) is 22.3 Å².